The van der Waals surface area contributed by atoms with Crippen LogP contribution in [0.4, 0.5) is 17.6 Å². The lowest BCUT2D eigenvalue weighted by Gasteiger charge is -2.28. The number of fused-ring (bicyclic) bond motifs is 1. The number of hydrogen-bond donors (Lipinski definition) is 1. The van der Waals surface area contributed by atoms with Gasteiger partial charge in [-0.3, -0.25) is 9.69 Å². The molecule has 3 aromatic rings. The second kappa shape index (κ2) is 7.14. The first-order valence-electron chi connectivity index (χ1n) is 8.55. The molecule has 0 saturated carbocycles. The summed E-state index contributed by atoms with van der Waals surface area (Å²) in [5, 5.41) is 1.89. The molecule has 0 atom stereocenters. The first-order valence-corrected chi connectivity index (χ1v) is 9.43. The Balaban J connectivity index is 1.58. The number of thiophene rings is 1. The van der Waals surface area contributed by atoms with Gasteiger partial charge in [0.25, 0.3) is 5.56 Å². The third-order valence-electron chi connectivity index (χ3n) is 4.67. The molecular weight excluding hydrogens is 394 g/mol. The van der Waals surface area contributed by atoms with Crippen LogP contribution in [0.2, 0.25) is 0 Å². The number of aromatic amines is 1. The number of aromatic nitrogens is 2. The normalized spacial score (nSPS) is 14.9. The van der Waals surface area contributed by atoms with Gasteiger partial charge in [0.05, 0.1) is 21.7 Å². The number of benzene rings is 1. The molecule has 28 heavy (non-hydrogen) atoms. The number of hydrogen-bond acceptors (Lipinski definition) is 4. The van der Waals surface area contributed by atoms with Crippen molar-refractivity contribution in [1.82, 2.24) is 14.9 Å². The fourth-order valence-electron chi connectivity index (χ4n) is 3.26. The lowest BCUT2D eigenvalue weighted by Crippen LogP contribution is -2.35. The minimum atomic E-state index is -4.53. The van der Waals surface area contributed by atoms with Gasteiger partial charge in [-0.25, -0.2) is 9.37 Å². The molecule has 4 rings (SSSR count). The van der Waals surface area contributed by atoms with Crippen LogP contribution in [0.3, 0.4) is 0 Å². The van der Waals surface area contributed by atoms with Crippen molar-refractivity contribution in [2.24, 2.45) is 0 Å². The number of nitrogens with one attached hydrogen (secondary N) is 1. The van der Waals surface area contributed by atoms with Crippen molar-refractivity contribution in [3.05, 3.63) is 74.3 Å². The fourth-order valence-corrected chi connectivity index (χ4v) is 3.93. The second-order valence-corrected chi connectivity index (χ2v) is 7.53. The van der Waals surface area contributed by atoms with Crippen LogP contribution >= 0.6 is 11.3 Å². The topological polar surface area (TPSA) is 49.0 Å². The Morgan fingerprint density at radius 2 is 2.07 bits per heavy atom. The van der Waals surface area contributed by atoms with Gasteiger partial charge in [0.15, 0.2) is 5.82 Å². The molecule has 0 saturated heterocycles. The van der Waals surface area contributed by atoms with Crippen LogP contribution in [0.15, 0.2) is 40.5 Å². The summed E-state index contributed by atoms with van der Waals surface area (Å²) in [6.45, 7) is 0.669. The summed E-state index contributed by atoms with van der Waals surface area (Å²) in [5.41, 5.74) is -0.0613. The van der Waals surface area contributed by atoms with Gasteiger partial charge in [-0.05, 0) is 29.6 Å². The summed E-state index contributed by atoms with van der Waals surface area (Å²) in [5.74, 6) is -0.185. The first kappa shape index (κ1) is 18.8. The van der Waals surface area contributed by atoms with Crippen molar-refractivity contribution in [2.75, 3.05) is 6.54 Å². The molecule has 1 aliphatic heterocycles. The zero-order valence-corrected chi connectivity index (χ0v) is 15.3. The van der Waals surface area contributed by atoms with Gasteiger partial charge in [-0.2, -0.15) is 13.2 Å². The molecule has 0 spiro atoms. The predicted octanol–water partition coefficient (Wildman–Crippen LogP) is 4.21. The Hall–Kier alpha value is -2.52. The van der Waals surface area contributed by atoms with E-state index in [1.165, 1.54) is 11.3 Å². The second-order valence-electron chi connectivity index (χ2n) is 6.58. The molecule has 0 unspecified atom stereocenters. The molecular formula is C19H15F4N3OS. The Morgan fingerprint density at radius 3 is 2.79 bits per heavy atom. The van der Waals surface area contributed by atoms with Crippen LogP contribution in [-0.4, -0.2) is 21.4 Å². The molecule has 9 heteroatoms. The highest BCUT2D eigenvalue weighted by Gasteiger charge is 2.31. The van der Waals surface area contributed by atoms with Crippen molar-refractivity contribution in [3.8, 4) is 10.7 Å². The summed E-state index contributed by atoms with van der Waals surface area (Å²) in [7, 11) is 0. The molecule has 1 N–H and O–H groups in total. The van der Waals surface area contributed by atoms with E-state index in [4.69, 9.17) is 0 Å². The van der Waals surface area contributed by atoms with Crippen molar-refractivity contribution in [2.45, 2.75) is 25.7 Å². The van der Waals surface area contributed by atoms with Gasteiger partial charge < -0.3 is 4.98 Å². The van der Waals surface area contributed by atoms with Gasteiger partial charge in [0, 0.05) is 31.6 Å². The Labute approximate surface area is 161 Å². The SMILES string of the molecule is O=c1[nH]c(-c2cccs2)nc2c1CN(Cc1cc(C(F)(F)F)ccc1F)CC2. The highest BCUT2D eigenvalue weighted by Crippen LogP contribution is 2.31. The summed E-state index contributed by atoms with van der Waals surface area (Å²) >= 11 is 1.47. The van der Waals surface area contributed by atoms with Crippen LogP contribution < -0.4 is 5.56 Å². The lowest BCUT2D eigenvalue weighted by molar-refractivity contribution is -0.137. The van der Waals surface area contributed by atoms with Crippen molar-refractivity contribution >= 4 is 11.3 Å². The summed E-state index contributed by atoms with van der Waals surface area (Å²) in [4.78, 5) is 22.4. The average Bonchev–Trinajstić information content (AvgIpc) is 3.18. The number of H-pyrrole nitrogens is 1. The average molecular weight is 409 g/mol. The molecule has 0 amide bonds. The van der Waals surface area contributed by atoms with Gasteiger partial charge in [0.1, 0.15) is 5.82 Å². The Morgan fingerprint density at radius 1 is 1.25 bits per heavy atom. The van der Waals surface area contributed by atoms with Crippen LogP contribution in [0.25, 0.3) is 10.7 Å². The molecule has 0 fully saturated rings. The largest absolute Gasteiger partial charge is 0.416 e. The van der Waals surface area contributed by atoms with Gasteiger partial charge >= 0.3 is 6.18 Å². The lowest BCUT2D eigenvalue weighted by atomic mass is 10.0. The monoisotopic (exact) mass is 409 g/mol. The minimum absolute atomic E-state index is 0.0126. The highest BCUT2D eigenvalue weighted by molar-refractivity contribution is 7.13. The molecule has 0 aliphatic carbocycles. The van der Waals surface area contributed by atoms with Gasteiger partial charge in [0.2, 0.25) is 0 Å². The molecule has 1 aromatic carbocycles. The van der Waals surface area contributed by atoms with E-state index in [2.05, 4.69) is 9.97 Å². The molecule has 0 bridgehead atoms. The summed E-state index contributed by atoms with van der Waals surface area (Å²) in [6.07, 6.45) is -4.06. The first-order chi connectivity index (χ1) is 13.3. The van der Waals surface area contributed by atoms with Crippen LogP contribution in [0, 0.1) is 5.82 Å². The van der Waals surface area contributed by atoms with Crippen LogP contribution in [0.1, 0.15) is 22.4 Å². The molecule has 1 aliphatic rings. The van der Waals surface area contributed by atoms with Crippen molar-refractivity contribution in [1.29, 1.82) is 0 Å². The van der Waals surface area contributed by atoms with Gasteiger partial charge in [-0.1, -0.05) is 6.07 Å². The minimum Gasteiger partial charge on any atom is -0.306 e. The van der Waals surface area contributed by atoms with Crippen molar-refractivity contribution < 1.29 is 17.6 Å². The Kier molecular flexibility index (Phi) is 4.80. The maximum atomic E-state index is 14.0. The van der Waals surface area contributed by atoms with E-state index >= 15 is 0 Å². The van der Waals surface area contributed by atoms with E-state index in [-0.39, 0.29) is 24.2 Å². The van der Waals surface area contributed by atoms with Crippen LogP contribution in [-0.2, 0) is 25.7 Å². The number of nitrogens with zero attached hydrogens (tertiary/aromatic N) is 2. The maximum absolute atomic E-state index is 14.0. The van der Waals surface area contributed by atoms with E-state index < -0.39 is 17.6 Å². The zero-order chi connectivity index (χ0) is 19.9. The van der Waals surface area contributed by atoms with E-state index in [0.717, 1.165) is 23.1 Å². The Bertz CT molecular complexity index is 1060. The van der Waals surface area contributed by atoms with Crippen molar-refractivity contribution in [3.63, 3.8) is 0 Å². The molecule has 2 aromatic heterocycles. The fraction of sp³-hybridized carbons (Fsp3) is 0.263. The number of rotatable bonds is 3. The van der Waals surface area contributed by atoms with Crippen LogP contribution in [0.5, 0.6) is 0 Å². The highest BCUT2D eigenvalue weighted by atomic mass is 32.1. The predicted molar refractivity (Wildman–Crippen MR) is 97.4 cm³/mol. The standard InChI is InChI=1S/C19H15F4N3OS/c20-14-4-3-12(19(21,22)23)8-11(14)9-26-6-5-15-13(10-26)18(27)25-17(24-15)16-2-1-7-28-16/h1-4,7-8H,5-6,9-10H2,(H,24,25,27). The molecule has 146 valence electrons. The van der Waals surface area contributed by atoms with Gasteiger partial charge in [-0.15, -0.1) is 11.3 Å². The van der Waals surface area contributed by atoms with E-state index in [1.807, 2.05) is 17.5 Å². The molecule has 0 radical (unpaired) electrons. The number of halogens is 4. The smallest absolute Gasteiger partial charge is 0.306 e. The molecule has 3 heterocycles. The maximum Gasteiger partial charge on any atom is 0.416 e. The molecule has 4 nitrogen and oxygen atoms in total. The van der Waals surface area contributed by atoms with E-state index in [1.54, 1.807) is 4.90 Å². The van der Waals surface area contributed by atoms with E-state index in [9.17, 15) is 22.4 Å². The summed E-state index contributed by atoms with van der Waals surface area (Å²) < 4.78 is 52.7. The third kappa shape index (κ3) is 3.72. The number of alkyl halides is 3. The quantitative estimate of drug-likeness (QED) is 0.660. The zero-order valence-electron chi connectivity index (χ0n) is 14.5. The third-order valence-corrected chi connectivity index (χ3v) is 5.55. The van der Waals surface area contributed by atoms with E-state index in [0.29, 0.717) is 30.0 Å². The summed E-state index contributed by atoms with van der Waals surface area (Å²) in [6, 6.07) is 6.11.